The molecule has 1 aromatic carbocycles. The number of hydrogen-bond donors (Lipinski definition) is 1. The third-order valence-electron chi connectivity index (χ3n) is 3.26. The number of carbonyl (C=O) groups excluding carboxylic acids is 1. The lowest BCUT2D eigenvalue weighted by Crippen LogP contribution is -2.42. The summed E-state index contributed by atoms with van der Waals surface area (Å²) in [6.45, 7) is 4.70. The Bertz CT molecular complexity index is 566. The molecule has 0 aliphatic heterocycles. The molecule has 5 nitrogen and oxygen atoms in total. The molecule has 0 bridgehead atoms. The normalized spacial score (nSPS) is 12.4. The molecule has 2 aromatic rings. The van der Waals surface area contributed by atoms with Gasteiger partial charge in [-0.1, -0.05) is 37.6 Å². The van der Waals surface area contributed by atoms with Crippen LogP contribution in [0.15, 0.2) is 36.7 Å². The second kappa shape index (κ2) is 7.22. The molecule has 0 spiro atoms. The summed E-state index contributed by atoms with van der Waals surface area (Å²) in [5.74, 6) is 0.286. The second-order valence-electron chi connectivity index (χ2n) is 5.31. The highest BCUT2D eigenvalue weighted by Gasteiger charge is 2.17. The molecule has 0 saturated carbocycles. The van der Waals surface area contributed by atoms with E-state index in [9.17, 15) is 4.79 Å². The molecule has 1 heterocycles. The van der Waals surface area contributed by atoms with Gasteiger partial charge in [0.15, 0.2) is 0 Å². The summed E-state index contributed by atoms with van der Waals surface area (Å²) in [6, 6.07) is 7.30. The van der Waals surface area contributed by atoms with Gasteiger partial charge in [-0.05, 0) is 23.6 Å². The van der Waals surface area contributed by atoms with E-state index in [2.05, 4.69) is 29.4 Å². The number of halogens is 1. The van der Waals surface area contributed by atoms with Crippen molar-refractivity contribution in [2.45, 2.75) is 32.9 Å². The predicted molar refractivity (Wildman–Crippen MR) is 81.9 cm³/mol. The predicted octanol–water partition coefficient (Wildman–Crippen LogP) is 2.31. The van der Waals surface area contributed by atoms with Gasteiger partial charge in [-0.15, -0.1) is 0 Å². The zero-order valence-electron chi connectivity index (χ0n) is 12.2. The van der Waals surface area contributed by atoms with Crippen LogP contribution in [0.1, 0.15) is 19.4 Å². The Morgan fingerprint density at radius 3 is 2.43 bits per heavy atom. The fourth-order valence-corrected chi connectivity index (χ4v) is 2.11. The van der Waals surface area contributed by atoms with Crippen LogP contribution in [-0.4, -0.2) is 26.9 Å². The maximum atomic E-state index is 12.1. The van der Waals surface area contributed by atoms with Gasteiger partial charge in [0.1, 0.15) is 0 Å². The van der Waals surface area contributed by atoms with Crippen LogP contribution in [0, 0.1) is 5.92 Å². The molecule has 1 amide bonds. The average molecular weight is 307 g/mol. The number of hydrogen-bond acceptors (Lipinski definition) is 3. The third kappa shape index (κ3) is 4.86. The zero-order valence-corrected chi connectivity index (χ0v) is 12.9. The van der Waals surface area contributed by atoms with Gasteiger partial charge in [-0.2, -0.15) is 15.0 Å². The second-order valence-corrected chi connectivity index (χ2v) is 5.74. The summed E-state index contributed by atoms with van der Waals surface area (Å²) in [5.41, 5.74) is 0.941. The third-order valence-corrected chi connectivity index (χ3v) is 3.51. The van der Waals surface area contributed by atoms with Crippen LogP contribution in [0.3, 0.4) is 0 Å². The van der Waals surface area contributed by atoms with Crippen molar-refractivity contribution in [3.63, 3.8) is 0 Å². The first-order chi connectivity index (χ1) is 10.0. The lowest BCUT2D eigenvalue weighted by atomic mass is 10.0. The number of benzene rings is 1. The molecule has 1 atom stereocenters. The average Bonchev–Trinajstić information content (AvgIpc) is 2.93. The van der Waals surface area contributed by atoms with Crippen LogP contribution in [0.2, 0.25) is 5.02 Å². The van der Waals surface area contributed by atoms with Crippen LogP contribution in [0.5, 0.6) is 0 Å². The quantitative estimate of drug-likeness (QED) is 0.891. The molecule has 6 heteroatoms. The van der Waals surface area contributed by atoms with Crippen LogP contribution >= 0.6 is 11.6 Å². The largest absolute Gasteiger partial charge is 0.351 e. The monoisotopic (exact) mass is 306 g/mol. The molecule has 21 heavy (non-hydrogen) atoms. The van der Waals surface area contributed by atoms with Crippen molar-refractivity contribution >= 4 is 17.5 Å². The summed E-state index contributed by atoms with van der Waals surface area (Å²) in [4.78, 5) is 13.7. The summed E-state index contributed by atoms with van der Waals surface area (Å²) < 4.78 is 0. The van der Waals surface area contributed by atoms with E-state index in [-0.39, 0.29) is 11.9 Å². The molecular weight excluding hydrogens is 288 g/mol. The minimum Gasteiger partial charge on any atom is -0.351 e. The Morgan fingerprint density at radius 1 is 1.24 bits per heavy atom. The zero-order chi connectivity index (χ0) is 15.2. The van der Waals surface area contributed by atoms with E-state index in [1.54, 1.807) is 29.3 Å². The minimum atomic E-state index is -0.0109. The van der Waals surface area contributed by atoms with E-state index in [0.717, 1.165) is 5.56 Å². The van der Waals surface area contributed by atoms with Gasteiger partial charge in [0.25, 0.3) is 0 Å². The Morgan fingerprint density at radius 2 is 1.86 bits per heavy atom. The summed E-state index contributed by atoms with van der Waals surface area (Å²) in [6.07, 6.45) is 3.60. The van der Waals surface area contributed by atoms with Crippen molar-refractivity contribution in [2.24, 2.45) is 5.92 Å². The summed E-state index contributed by atoms with van der Waals surface area (Å²) in [5, 5.41) is 11.9. The van der Waals surface area contributed by atoms with Crippen LogP contribution < -0.4 is 5.32 Å². The molecule has 112 valence electrons. The molecule has 2 rings (SSSR count). The molecule has 1 aromatic heterocycles. The van der Waals surface area contributed by atoms with Crippen LogP contribution in [0.4, 0.5) is 0 Å². The van der Waals surface area contributed by atoms with Crippen molar-refractivity contribution in [3.8, 4) is 0 Å². The van der Waals surface area contributed by atoms with E-state index < -0.39 is 0 Å². The lowest BCUT2D eigenvalue weighted by molar-refractivity contribution is -0.121. The number of nitrogens with zero attached hydrogens (tertiary/aromatic N) is 3. The topological polar surface area (TPSA) is 59.8 Å². The van der Waals surface area contributed by atoms with Gasteiger partial charge in [0.2, 0.25) is 5.91 Å². The number of carbonyl (C=O) groups is 1. The van der Waals surface area contributed by atoms with Crippen LogP contribution in [-0.2, 0) is 17.8 Å². The highest BCUT2D eigenvalue weighted by molar-refractivity contribution is 6.30. The van der Waals surface area contributed by atoms with Gasteiger partial charge in [0.05, 0.1) is 31.4 Å². The Labute approximate surface area is 129 Å². The standard InChI is InChI=1S/C15H19ClN4O/c1-11(2)14(10-20-17-7-8-18-20)19-15(21)9-12-3-5-13(16)6-4-12/h3-8,11,14H,9-10H2,1-2H3,(H,19,21). The van der Waals surface area contributed by atoms with E-state index in [1.165, 1.54) is 0 Å². The number of aromatic nitrogens is 3. The van der Waals surface area contributed by atoms with Crippen LogP contribution in [0.25, 0.3) is 0 Å². The van der Waals surface area contributed by atoms with Crippen molar-refractivity contribution in [2.75, 3.05) is 0 Å². The molecule has 0 aliphatic rings. The van der Waals surface area contributed by atoms with E-state index >= 15 is 0 Å². The maximum Gasteiger partial charge on any atom is 0.224 e. The van der Waals surface area contributed by atoms with E-state index in [0.29, 0.717) is 23.9 Å². The number of amides is 1. The van der Waals surface area contributed by atoms with Gasteiger partial charge >= 0.3 is 0 Å². The Kier molecular flexibility index (Phi) is 5.33. The fourth-order valence-electron chi connectivity index (χ4n) is 1.98. The Hall–Kier alpha value is -1.88. The minimum absolute atomic E-state index is 0.00259. The fraction of sp³-hybridized carbons (Fsp3) is 0.400. The van der Waals surface area contributed by atoms with E-state index in [1.807, 2.05) is 12.1 Å². The summed E-state index contributed by atoms with van der Waals surface area (Å²) >= 11 is 5.84. The first-order valence-electron chi connectivity index (χ1n) is 6.92. The first-order valence-corrected chi connectivity index (χ1v) is 7.30. The molecule has 0 radical (unpaired) electrons. The molecule has 0 saturated heterocycles. The molecule has 1 N–H and O–H groups in total. The molecule has 1 unspecified atom stereocenters. The van der Waals surface area contributed by atoms with Crippen molar-refractivity contribution in [3.05, 3.63) is 47.2 Å². The first kappa shape index (κ1) is 15.5. The van der Waals surface area contributed by atoms with Crippen molar-refractivity contribution in [1.82, 2.24) is 20.3 Å². The molecular formula is C15H19ClN4O. The lowest BCUT2D eigenvalue weighted by Gasteiger charge is -2.21. The van der Waals surface area contributed by atoms with Gasteiger partial charge in [-0.25, -0.2) is 0 Å². The van der Waals surface area contributed by atoms with Gasteiger partial charge < -0.3 is 5.32 Å². The number of rotatable bonds is 6. The van der Waals surface area contributed by atoms with Gasteiger partial charge in [-0.3, -0.25) is 4.79 Å². The SMILES string of the molecule is CC(C)C(Cn1nccn1)NC(=O)Cc1ccc(Cl)cc1. The molecule has 0 aliphatic carbocycles. The Balaban J connectivity index is 1.93. The highest BCUT2D eigenvalue weighted by atomic mass is 35.5. The molecule has 0 fully saturated rings. The van der Waals surface area contributed by atoms with Crippen molar-refractivity contribution in [1.29, 1.82) is 0 Å². The number of nitrogens with one attached hydrogen (secondary N) is 1. The maximum absolute atomic E-state index is 12.1. The summed E-state index contributed by atoms with van der Waals surface area (Å²) in [7, 11) is 0. The van der Waals surface area contributed by atoms with Crippen molar-refractivity contribution < 1.29 is 4.79 Å². The van der Waals surface area contributed by atoms with Gasteiger partial charge in [0, 0.05) is 5.02 Å². The van der Waals surface area contributed by atoms with E-state index in [4.69, 9.17) is 11.6 Å². The smallest absolute Gasteiger partial charge is 0.224 e. The highest BCUT2D eigenvalue weighted by Crippen LogP contribution is 2.10.